The molecule has 0 unspecified atom stereocenters. The highest BCUT2D eigenvalue weighted by atomic mass is 16.5. The van der Waals surface area contributed by atoms with Gasteiger partial charge in [-0.05, 0) is 61.4 Å². The number of Topliss-reactive ketones (excluding diaryl/α,β-unsaturated/α-hetero) is 2. The molecule has 0 radical (unpaired) electrons. The molecule has 30 heavy (non-hydrogen) atoms. The van der Waals surface area contributed by atoms with E-state index in [0.29, 0.717) is 11.5 Å². The Morgan fingerprint density at radius 1 is 0.600 bits per heavy atom. The fourth-order valence-electron chi connectivity index (χ4n) is 3.92. The lowest BCUT2D eigenvalue weighted by Crippen LogP contribution is -2.26. The van der Waals surface area contributed by atoms with Gasteiger partial charge in [-0.15, -0.1) is 0 Å². The first-order chi connectivity index (χ1) is 14.3. The van der Waals surface area contributed by atoms with Crippen LogP contribution in [0.2, 0.25) is 0 Å². The third-order valence-corrected chi connectivity index (χ3v) is 5.25. The summed E-state index contributed by atoms with van der Waals surface area (Å²) in [5.74, 6) is -1.31. The Hall–Kier alpha value is -3.80. The number of hydrogen-bond donors (Lipinski definition) is 0. The first kappa shape index (κ1) is 19.5. The normalized spacial score (nSPS) is 15.3. The van der Waals surface area contributed by atoms with Crippen LogP contribution in [0.25, 0.3) is 0 Å². The van der Waals surface area contributed by atoms with E-state index in [-0.39, 0.29) is 33.4 Å². The minimum absolute atomic E-state index is 0.0929. The van der Waals surface area contributed by atoms with Crippen LogP contribution in [-0.2, 0) is 0 Å². The maximum Gasteiger partial charge on any atom is 0.194 e. The lowest BCUT2D eigenvalue weighted by Gasteiger charge is -2.22. The summed E-state index contributed by atoms with van der Waals surface area (Å²) in [4.78, 5) is 52.1. The molecule has 4 rings (SSSR count). The summed E-state index contributed by atoms with van der Waals surface area (Å²) in [6.07, 6.45) is 2.22. The van der Waals surface area contributed by atoms with E-state index in [1.54, 1.807) is 38.1 Å². The number of carbonyl (C=O) groups excluding carboxylic acids is 4. The Balaban J connectivity index is 1.88. The van der Waals surface area contributed by atoms with E-state index in [1.165, 1.54) is 14.2 Å². The van der Waals surface area contributed by atoms with Crippen molar-refractivity contribution >= 4 is 23.1 Å². The second-order valence-corrected chi connectivity index (χ2v) is 7.28. The molecule has 0 saturated carbocycles. The molecule has 2 aliphatic carbocycles. The Morgan fingerprint density at radius 3 is 1.30 bits per heavy atom. The highest BCUT2D eigenvalue weighted by molar-refractivity contribution is 6.35. The van der Waals surface area contributed by atoms with Gasteiger partial charge in [-0.3, -0.25) is 19.2 Å². The second-order valence-electron chi connectivity index (χ2n) is 7.28. The third-order valence-electron chi connectivity index (χ3n) is 5.25. The van der Waals surface area contributed by atoms with Crippen LogP contribution in [-0.4, -0.2) is 37.4 Å². The van der Waals surface area contributed by atoms with Crippen LogP contribution in [0, 0.1) is 13.8 Å². The molecule has 150 valence electrons. The van der Waals surface area contributed by atoms with Gasteiger partial charge in [0.25, 0.3) is 0 Å². The molecule has 0 bridgehead atoms. The highest BCUT2D eigenvalue weighted by Crippen LogP contribution is 2.37. The van der Waals surface area contributed by atoms with Gasteiger partial charge in [-0.1, -0.05) is 0 Å². The number of methoxy groups -OCH3 is 2. The van der Waals surface area contributed by atoms with E-state index in [1.807, 2.05) is 0 Å². The van der Waals surface area contributed by atoms with Crippen LogP contribution >= 0.6 is 0 Å². The molecule has 2 aromatic carbocycles. The summed E-state index contributed by atoms with van der Waals surface area (Å²) in [6.45, 7) is 3.55. The zero-order valence-electron chi connectivity index (χ0n) is 16.9. The van der Waals surface area contributed by atoms with Crippen molar-refractivity contribution in [2.45, 2.75) is 13.8 Å². The van der Waals surface area contributed by atoms with Gasteiger partial charge >= 0.3 is 0 Å². The van der Waals surface area contributed by atoms with Crippen molar-refractivity contribution in [3.63, 3.8) is 0 Å². The number of ketones is 4. The summed E-state index contributed by atoms with van der Waals surface area (Å²) >= 11 is 0. The van der Waals surface area contributed by atoms with Crippen molar-refractivity contribution in [2.75, 3.05) is 14.2 Å². The molecule has 6 nitrogen and oxygen atoms in total. The van der Waals surface area contributed by atoms with E-state index in [9.17, 15) is 19.2 Å². The number of ether oxygens (including phenoxy) is 2. The molecule has 2 aromatic rings. The van der Waals surface area contributed by atoms with Gasteiger partial charge in [0.2, 0.25) is 0 Å². The molecule has 0 spiro atoms. The van der Waals surface area contributed by atoms with Crippen LogP contribution in [0.15, 0.2) is 47.6 Å². The van der Waals surface area contributed by atoms with Crippen LogP contribution in [0.4, 0.5) is 0 Å². The summed E-state index contributed by atoms with van der Waals surface area (Å²) in [6, 6.07) is 6.51. The monoisotopic (exact) mass is 402 g/mol. The Morgan fingerprint density at radius 2 is 0.967 bits per heavy atom. The van der Waals surface area contributed by atoms with Crippen LogP contribution in [0.3, 0.4) is 0 Å². The van der Waals surface area contributed by atoms with E-state index in [4.69, 9.17) is 9.47 Å². The van der Waals surface area contributed by atoms with Crippen molar-refractivity contribution in [3.8, 4) is 11.5 Å². The number of fused-ring (bicyclic) bond motifs is 2. The van der Waals surface area contributed by atoms with Crippen molar-refractivity contribution in [1.29, 1.82) is 0 Å². The molecule has 0 aromatic heterocycles. The zero-order valence-corrected chi connectivity index (χ0v) is 16.9. The standard InChI is InChI=1S/C24H18O6/c1-11-5-15-21(19(7-11)29-3)17(25)9-13(23(15)27)14-10-18(26)22-16(24(14)28)6-12(2)8-20(22)30-4/h5-10H,1-4H3. The van der Waals surface area contributed by atoms with E-state index >= 15 is 0 Å². The van der Waals surface area contributed by atoms with Crippen LogP contribution in [0.5, 0.6) is 11.5 Å². The number of rotatable bonds is 3. The average Bonchev–Trinajstić information content (AvgIpc) is 2.71. The number of hydrogen-bond acceptors (Lipinski definition) is 6. The molecule has 0 saturated heterocycles. The lowest BCUT2D eigenvalue weighted by atomic mass is 9.79. The van der Waals surface area contributed by atoms with Crippen LogP contribution in [0.1, 0.15) is 52.6 Å². The summed E-state index contributed by atoms with van der Waals surface area (Å²) in [5.41, 5.74) is 1.91. The molecule has 0 heterocycles. The Labute approximate surface area is 172 Å². The van der Waals surface area contributed by atoms with Crippen molar-refractivity contribution < 1.29 is 28.7 Å². The minimum Gasteiger partial charge on any atom is -0.496 e. The van der Waals surface area contributed by atoms with Crippen LogP contribution < -0.4 is 9.47 Å². The molecule has 0 atom stereocenters. The second kappa shape index (κ2) is 6.91. The summed E-state index contributed by atoms with van der Waals surface area (Å²) in [5, 5.41) is 0. The van der Waals surface area contributed by atoms with Gasteiger partial charge < -0.3 is 9.47 Å². The molecule has 0 N–H and O–H groups in total. The van der Waals surface area contributed by atoms with Gasteiger partial charge in [0.05, 0.1) is 25.3 Å². The average molecular weight is 402 g/mol. The summed E-state index contributed by atoms with van der Waals surface area (Å²) in [7, 11) is 2.84. The van der Waals surface area contributed by atoms with Crippen molar-refractivity contribution in [2.24, 2.45) is 0 Å². The number of aryl methyl sites for hydroxylation is 2. The predicted octanol–water partition coefficient (Wildman–Crippen LogP) is 3.63. The SMILES string of the molecule is COc1cc(C)cc2c1C(=O)C=C(C1=CC(=O)c3c(OC)cc(C)cc3C1=O)C2=O. The van der Waals surface area contributed by atoms with E-state index < -0.39 is 23.1 Å². The minimum atomic E-state index is -0.498. The fraction of sp³-hybridized carbons (Fsp3) is 0.167. The summed E-state index contributed by atoms with van der Waals surface area (Å²) < 4.78 is 10.5. The quantitative estimate of drug-likeness (QED) is 0.779. The maximum absolute atomic E-state index is 13.2. The third kappa shape index (κ3) is 2.80. The van der Waals surface area contributed by atoms with E-state index in [0.717, 1.165) is 23.3 Å². The molecule has 2 aliphatic rings. The largest absolute Gasteiger partial charge is 0.496 e. The molecule has 0 fully saturated rings. The van der Waals surface area contributed by atoms with Crippen molar-refractivity contribution in [3.05, 3.63) is 80.9 Å². The van der Waals surface area contributed by atoms with Gasteiger partial charge in [-0.2, -0.15) is 0 Å². The Kier molecular flexibility index (Phi) is 4.50. The molecular weight excluding hydrogens is 384 g/mol. The predicted molar refractivity (Wildman–Crippen MR) is 109 cm³/mol. The first-order valence-electron chi connectivity index (χ1n) is 9.26. The fourth-order valence-corrected chi connectivity index (χ4v) is 3.92. The molecule has 0 aliphatic heterocycles. The van der Waals surface area contributed by atoms with Gasteiger partial charge in [0.1, 0.15) is 11.5 Å². The molecule has 6 heteroatoms. The Bertz CT molecular complexity index is 1150. The zero-order chi connectivity index (χ0) is 21.7. The number of allylic oxidation sites excluding steroid dienone is 4. The van der Waals surface area contributed by atoms with Gasteiger partial charge in [0.15, 0.2) is 23.1 Å². The maximum atomic E-state index is 13.2. The molecule has 0 amide bonds. The molecular formula is C24H18O6. The van der Waals surface area contributed by atoms with Crippen molar-refractivity contribution in [1.82, 2.24) is 0 Å². The number of benzene rings is 2. The lowest BCUT2D eigenvalue weighted by molar-refractivity contribution is 0.0960. The number of carbonyl (C=O) groups is 4. The van der Waals surface area contributed by atoms with E-state index in [2.05, 4.69) is 0 Å². The van der Waals surface area contributed by atoms with Gasteiger partial charge in [0, 0.05) is 22.3 Å². The van der Waals surface area contributed by atoms with Gasteiger partial charge in [-0.25, -0.2) is 0 Å². The first-order valence-corrected chi connectivity index (χ1v) is 9.26. The highest BCUT2D eigenvalue weighted by Gasteiger charge is 2.37. The topological polar surface area (TPSA) is 86.7 Å². The smallest absolute Gasteiger partial charge is 0.194 e.